The number of nitrogens with zero attached hydrogens (tertiary/aromatic N) is 3. The van der Waals surface area contributed by atoms with Gasteiger partial charge in [0.15, 0.2) is 0 Å². The number of amides is 1. The summed E-state index contributed by atoms with van der Waals surface area (Å²) in [4.78, 5) is 14.2. The number of aromatic nitrogens is 2. The zero-order valence-electron chi connectivity index (χ0n) is 14.4. The van der Waals surface area contributed by atoms with E-state index in [0.29, 0.717) is 37.7 Å². The SMILES string of the molecule is Cc1ccc(-c2nnc(CCC(=O)N3C[C@@H](C)O[C@@H](C)C3)o2)cc1. The second-order valence-electron chi connectivity index (χ2n) is 6.42. The second-order valence-corrected chi connectivity index (χ2v) is 6.42. The number of morpholine rings is 1. The molecule has 128 valence electrons. The first-order chi connectivity index (χ1) is 11.5. The van der Waals surface area contributed by atoms with Gasteiger partial charge >= 0.3 is 0 Å². The number of hydrogen-bond donors (Lipinski definition) is 0. The van der Waals surface area contributed by atoms with Crippen LogP contribution in [0.1, 0.15) is 31.7 Å². The fourth-order valence-corrected chi connectivity index (χ4v) is 2.92. The maximum absolute atomic E-state index is 12.4. The van der Waals surface area contributed by atoms with Crippen LogP contribution in [0.25, 0.3) is 11.5 Å². The van der Waals surface area contributed by atoms with Gasteiger partial charge in [0.1, 0.15) is 0 Å². The number of aryl methyl sites for hydroxylation is 2. The van der Waals surface area contributed by atoms with Gasteiger partial charge in [0, 0.05) is 31.5 Å². The van der Waals surface area contributed by atoms with Crippen LogP contribution in [0, 0.1) is 6.92 Å². The molecule has 1 amide bonds. The predicted octanol–water partition coefficient (Wildman–Crippen LogP) is 2.61. The molecule has 3 rings (SSSR count). The van der Waals surface area contributed by atoms with E-state index in [2.05, 4.69) is 10.2 Å². The van der Waals surface area contributed by atoms with Gasteiger partial charge in [-0.1, -0.05) is 17.7 Å². The summed E-state index contributed by atoms with van der Waals surface area (Å²) >= 11 is 0. The molecular weight excluding hydrogens is 306 g/mol. The summed E-state index contributed by atoms with van der Waals surface area (Å²) in [5.74, 6) is 1.09. The van der Waals surface area contributed by atoms with Crippen molar-refractivity contribution in [1.82, 2.24) is 15.1 Å². The van der Waals surface area contributed by atoms with Crippen LogP contribution in [0.3, 0.4) is 0 Å². The van der Waals surface area contributed by atoms with Crippen molar-refractivity contribution < 1.29 is 13.9 Å². The molecule has 6 heteroatoms. The van der Waals surface area contributed by atoms with Crippen LogP contribution in [0.5, 0.6) is 0 Å². The molecule has 0 bridgehead atoms. The molecule has 0 unspecified atom stereocenters. The van der Waals surface area contributed by atoms with E-state index in [4.69, 9.17) is 9.15 Å². The van der Waals surface area contributed by atoms with Crippen molar-refractivity contribution in [2.75, 3.05) is 13.1 Å². The Bertz CT molecular complexity index is 686. The Balaban J connectivity index is 1.57. The molecule has 1 saturated heterocycles. The Morgan fingerprint density at radius 3 is 2.50 bits per heavy atom. The monoisotopic (exact) mass is 329 g/mol. The molecule has 2 heterocycles. The zero-order valence-corrected chi connectivity index (χ0v) is 14.4. The van der Waals surface area contributed by atoms with Crippen molar-refractivity contribution in [3.8, 4) is 11.5 Å². The molecule has 0 aliphatic carbocycles. The van der Waals surface area contributed by atoms with Crippen LogP contribution in [0.2, 0.25) is 0 Å². The largest absolute Gasteiger partial charge is 0.421 e. The first-order valence-electron chi connectivity index (χ1n) is 8.34. The molecule has 0 radical (unpaired) electrons. The summed E-state index contributed by atoms with van der Waals surface area (Å²) in [5.41, 5.74) is 2.07. The Morgan fingerprint density at radius 2 is 1.83 bits per heavy atom. The van der Waals surface area contributed by atoms with Crippen molar-refractivity contribution in [1.29, 1.82) is 0 Å². The minimum absolute atomic E-state index is 0.0780. The van der Waals surface area contributed by atoms with E-state index >= 15 is 0 Å². The lowest BCUT2D eigenvalue weighted by Gasteiger charge is -2.35. The lowest BCUT2D eigenvalue weighted by Crippen LogP contribution is -2.48. The Kier molecular flexibility index (Phi) is 4.94. The van der Waals surface area contributed by atoms with Crippen molar-refractivity contribution in [2.45, 2.75) is 45.8 Å². The van der Waals surface area contributed by atoms with Gasteiger partial charge in [-0.15, -0.1) is 10.2 Å². The van der Waals surface area contributed by atoms with E-state index in [1.54, 1.807) is 0 Å². The first-order valence-corrected chi connectivity index (χ1v) is 8.34. The Morgan fingerprint density at radius 1 is 1.17 bits per heavy atom. The smallest absolute Gasteiger partial charge is 0.247 e. The number of carbonyl (C=O) groups excluding carboxylic acids is 1. The normalized spacial score (nSPS) is 21.0. The molecule has 1 aliphatic rings. The number of carbonyl (C=O) groups is 1. The summed E-state index contributed by atoms with van der Waals surface area (Å²) in [6, 6.07) is 7.91. The van der Waals surface area contributed by atoms with Gasteiger partial charge in [0.25, 0.3) is 0 Å². The molecule has 0 N–H and O–H groups in total. The van der Waals surface area contributed by atoms with E-state index in [1.807, 2.05) is 49.9 Å². The third-order valence-electron chi connectivity index (χ3n) is 4.09. The van der Waals surface area contributed by atoms with Gasteiger partial charge in [0.05, 0.1) is 12.2 Å². The Labute approximate surface area is 141 Å². The molecule has 0 spiro atoms. The van der Waals surface area contributed by atoms with Crippen molar-refractivity contribution in [3.05, 3.63) is 35.7 Å². The minimum atomic E-state index is 0.0780. The molecule has 1 aromatic heterocycles. The van der Waals surface area contributed by atoms with Crippen LogP contribution in [-0.2, 0) is 16.0 Å². The maximum atomic E-state index is 12.4. The zero-order chi connectivity index (χ0) is 17.1. The summed E-state index contributed by atoms with van der Waals surface area (Å²) in [5, 5.41) is 8.12. The van der Waals surface area contributed by atoms with Crippen LogP contribution < -0.4 is 0 Å². The van der Waals surface area contributed by atoms with Crippen molar-refractivity contribution >= 4 is 5.91 Å². The predicted molar refractivity (Wildman–Crippen MR) is 89.4 cm³/mol. The van der Waals surface area contributed by atoms with Gasteiger partial charge in [0.2, 0.25) is 17.7 Å². The Hall–Kier alpha value is -2.21. The quantitative estimate of drug-likeness (QED) is 0.862. The van der Waals surface area contributed by atoms with Crippen molar-refractivity contribution in [3.63, 3.8) is 0 Å². The molecule has 2 aromatic rings. The number of rotatable bonds is 4. The average molecular weight is 329 g/mol. The molecule has 24 heavy (non-hydrogen) atoms. The third kappa shape index (κ3) is 4.00. The lowest BCUT2D eigenvalue weighted by atomic mass is 10.1. The van der Waals surface area contributed by atoms with Gasteiger partial charge in [-0.3, -0.25) is 4.79 Å². The number of benzene rings is 1. The lowest BCUT2D eigenvalue weighted by molar-refractivity contribution is -0.143. The number of hydrogen-bond acceptors (Lipinski definition) is 5. The van der Waals surface area contributed by atoms with Crippen molar-refractivity contribution in [2.24, 2.45) is 0 Å². The highest BCUT2D eigenvalue weighted by Crippen LogP contribution is 2.19. The summed E-state index contributed by atoms with van der Waals surface area (Å²) in [6.45, 7) is 7.29. The van der Waals surface area contributed by atoms with E-state index in [9.17, 15) is 4.79 Å². The molecule has 6 nitrogen and oxygen atoms in total. The summed E-state index contributed by atoms with van der Waals surface area (Å²) in [7, 11) is 0. The summed E-state index contributed by atoms with van der Waals surface area (Å²) in [6.07, 6.45) is 0.982. The van der Waals surface area contributed by atoms with E-state index in [-0.39, 0.29) is 18.1 Å². The maximum Gasteiger partial charge on any atom is 0.247 e. The minimum Gasteiger partial charge on any atom is -0.421 e. The van der Waals surface area contributed by atoms with Crippen LogP contribution in [-0.4, -0.2) is 46.3 Å². The topological polar surface area (TPSA) is 68.5 Å². The van der Waals surface area contributed by atoms with Gasteiger partial charge in [-0.2, -0.15) is 0 Å². The fourth-order valence-electron chi connectivity index (χ4n) is 2.92. The molecule has 0 saturated carbocycles. The van der Waals surface area contributed by atoms with Gasteiger partial charge in [-0.25, -0.2) is 0 Å². The molecular formula is C18H23N3O3. The average Bonchev–Trinajstić information content (AvgIpc) is 3.01. The van der Waals surface area contributed by atoms with Crippen LogP contribution in [0.4, 0.5) is 0 Å². The van der Waals surface area contributed by atoms with Crippen LogP contribution in [0.15, 0.2) is 28.7 Å². The van der Waals surface area contributed by atoms with E-state index < -0.39 is 0 Å². The highest BCUT2D eigenvalue weighted by molar-refractivity contribution is 5.76. The van der Waals surface area contributed by atoms with Gasteiger partial charge < -0.3 is 14.1 Å². The van der Waals surface area contributed by atoms with Crippen LogP contribution >= 0.6 is 0 Å². The first kappa shape index (κ1) is 16.6. The highest BCUT2D eigenvalue weighted by atomic mass is 16.5. The molecule has 2 atom stereocenters. The van der Waals surface area contributed by atoms with E-state index in [1.165, 1.54) is 5.56 Å². The second kappa shape index (κ2) is 7.13. The highest BCUT2D eigenvalue weighted by Gasteiger charge is 2.25. The standard InChI is InChI=1S/C18H23N3O3/c1-12-4-6-15(7-5-12)18-20-19-16(24-18)8-9-17(22)21-10-13(2)23-14(3)11-21/h4-7,13-14H,8-11H2,1-3H3/t13-,14+. The molecule has 1 fully saturated rings. The fraction of sp³-hybridized carbons (Fsp3) is 0.500. The number of ether oxygens (including phenoxy) is 1. The molecule has 1 aliphatic heterocycles. The molecule has 1 aromatic carbocycles. The van der Waals surface area contributed by atoms with E-state index in [0.717, 1.165) is 5.56 Å². The summed E-state index contributed by atoms with van der Waals surface area (Å²) < 4.78 is 11.3. The van der Waals surface area contributed by atoms with Gasteiger partial charge in [-0.05, 0) is 32.9 Å². The third-order valence-corrected chi connectivity index (χ3v) is 4.09.